The largest absolute Gasteiger partial charge is 0.370 e. The Balaban J connectivity index is 2.64. The molecule has 0 fully saturated rings. The Labute approximate surface area is 100 Å². The van der Waals surface area contributed by atoms with Crippen LogP contribution in [0.2, 0.25) is 0 Å². The van der Waals surface area contributed by atoms with Gasteiger partial charge < -0.3 is 16.0 Å². The molecule has 94 valence electrons. The van der Waals surface area contributed by atoms with Gasteiger partial charge >= 0.3 is 0 Å². The number of hydrogen-bond acceptors (Lipinski definition) is 3. The quantitative estimate of drug-likeness (QED) is 0.407. The van der Waals surface area contributed by atoms with Crippen molar-refractivity contribution in [3.8, 4) is 0 Å². The monoisotopic (exact) mass is 239 g/mol. The Morgan fingerprint density at radius 1 is 1.59 bits per heavy atom. The van der Waals surface area contributed by atoms with E-state index in [0.717, 1.165) is 24.9 Å². The SMILES string of the molecule is CN(C)CCCc1cnc(F)c(NC(=N)N)c1. The van der Waals surface area contributed by atoms with Gasteiger partial charge in [-0.05, 0) is 45.1 Å². The topological polar surface area (TPSA) is 78.0 Å². The number of nitrogens with zero attached hydrogens (tertiary/aromatic N) is 2. The van der Waals surface area contributed by atoms with Crippen LogP contribution in [0.1, 0.15) is 12.0 Å². The van der Waals surface area contributed by atoms with E-state index in [1.54, 1.807) is 6.07 Å². The number of halogens is 1. The van der Waals surface area contributed by atoms with Crippen molar-refractivity contribution in [3.63, 3.8) is 0 Å². The number of guanidine groups is 1. The highest BCUT2D eigenvalue weighted by atomic mass is 19.1. The van der Waals surface area contributed by atoms with Gasteiger partial charge in [0, 0.05) is 6.20 Å². The lowest BCUT2D eigenvalue weighted by molar-refractivity contribution is 0.400. The van der Waals surface area contributed by atoms with Crippen LogP contribution in [-0.4, -0.2) is 36.5 Å². The molecule has 0 spiro atoms. The summed E-state index contributed by atoms with van der Waals surface area (Å²) in [5, 5.41) is 9.48. The predicted octanol–water partition coefficient (Wildman–Crippen LogP) is 1.02. The maximum absolute atomic E-state index is 13.2. The van der Waals surface area contributed by atoms with E-state index in [0.29, 0.717) is 0 Å². The molecule has 1 rings (SSSR count). The van der Waals surface area contributed by atoms with Gasteiger partial charge in [-0.15, -0.1) is 0 Å². The lowest BCUT2D eigenvalue weighted by atomic mass is 10.1. The van der Waals surface area contributed by atoms with Crippen LogP contribution in [-0.2, 0) is 6.42 Å². The van der Waals surface area contributed by atoms with Crippen molar-refractivity contribution in [2.45, 2.75) is 12.8 Å². The highest BCUT2D eigenvalue weighted by molar-refractivity contribution is 5.89. The van der Waals surface area contributed by atoms with Gasteiger partial charge in [0.15, 0.2) is 5.96 Å². The zero-order valence-electron chi connectivity index (χ0n) is 10.1. The Morgan fingerprint density at radius 3 is 2.88 bits per heavy atom. The van der Waals surface area contributed by atoms with E-state index < -0.39 is 5.95 Å². The maximum atomic E-state index is 13.2. The number of nitrogens with two attached hydrogens (primary N) is 1. The van der Waals surface area contributed by atoms with Gasteiger partial charge in [-0.2, -0.15) is 4.39 Å². The van der Waals surface area contributed by atoms with E-state index >= 15 is 0 Å². The van der Waals surface area contributed by atoms with Gasteiger partial charge in [0.1, 0.15) is 0 Å². The van der Waals surface area contributed by atoms with Crippen LogP contribution < -0.4 is 11.1 Å². The van der Waals surface area contributed by atoms with Gasteiger partial charge in [0.05, 0.1) is 5.69 Å². The molecule has 6 heteroatoms. The van der Waals surface area contributed by atoms with Crippen molar-refractivity contribution in [1.82, 2.24) is 9.88 Å². The smallest absolute Gasteiger partial charge is 0.236 e. The summed E-state index contributed by atoms with van der Waals surface area (Å²) in [6.45, 7) is 0.965. The van der Waals surface area contributed by atoms with Crippen molar-refractivity contribution >= 4 is 11.6 Å². The van der Waals surface area contributed by atoms with E-state index in [4.69, 9.17) is 11.1 Å². The Hall–Kier alpha value is -1.69. The molecule has 1 heterocycles. The number of rotatable bonds is 5. The Morgan fingerprint density at radius 2 is 2.29 bits per heavy atom. The van der Waals surface area contributed by atoms with Crippen LogP contribution in [0, 0.1) is 11.4 Å². The number of anilines is 1. The Bertz CT molecular complexity index is 391. The summed E-state index contributed by atoms with van der Waals surface area (Å²) in [6.07, 6.45) is 3.30. The zero-order valence-corrected chi connectivity index (χ0v) is 10.1. The summed E-state index contributed by atoms with van der Waals surface area (Å²) in [4.78, 5) is 5.72. The van der Waals surface area contributed by atoms with Gasteiger partial charge in [-0.1, -0.05) is 0 Å². The minimum atomic E-state index is -0.642. The lowest BCUT2D eigenvalue weighted by Gasteiger charge is -2.10. The fourth-order valence-corrected chi connectivity index (χ4v) is 1.46. The molecule has 0 amide bonds. The van der Waals surface area contributed by atoms with Crippen molar-refractivity contribution in [2.24, 2.45) is 5.73 Å². The van der Waals surface area contributed by atoms with Crippen molar-refractivity contribution in [1.29, 1.82) is 5.41 Å². The third-order valence-electron chi connectivity index (χ3n) is 2.24. The zero-order chi connectivity index (χ0) is 12.8. The van der Waals surface area contributed by atoms with Crippen LogP contribution in [0.4, 0.5) is 10.1 Å². The second kappa shape index (κ2) is 6.15. The van der Waals surface area contributed by atoms with E-state index in [1.807, 2.05) is 14.1 Å². The third-order valence-corrected chi connectivity index (χ3v) is 2.24. The molecule has 0 aromatic carbocycles. The summed E-state index contributed by atoms with van der Waals surface area (Å²) >= 11 is 0. The van der Waals surface area contributed by atoms with Gasteiger partial charge in [0.25, 0.3) is 0 Å². The van der Waals surface area contributed by atoms with E-state index in [-0.39, 0.29) is 11.6 Å². The second-order valence-corrected chi connectivity index (χ2v) is 4.13. The standard InChI is InChI=1S/C11H18FN5/c1-17(2)5-3-4-8-6-9(16-11(13)14)10(12)15-7-8/h6-7H,3-5H2,1-2H3,(H4,13,14,16). The average Bonchev–Trinajstić information content (AvgIpc) is 2.21. The molecule has 4 N–H and O–H groups in total. The maximum Gasteiger partial charge on any atom is 0.236 e. The third kappa shape index (κ3) is 4.78. The minimum Gasteiger partial charge on any atom is -0.370 e. The summed E-state index contributed by atoms with van der Waals surface area (Å²) < 4.78 is 13.2. The molecule has 0 aliphatic rings. The number of nitrogens with one attached hydrogen (secondary N) is 2. The molecule has 0 saturated carbocycles. The molecule has 0 bridgehead atoms. The van der Waals surface area contributed by atoms with Gasteiger partial charge in [-0.25, -0.2) is 4.98 Å². The molecule has 0 saturated heterocycles. The first kappa shape index (κ1) is 13.4. The fourth-order valence-electron chi connectivity index (χ4n) is 1.46. The number of hydrogen-bond donors (Lipinski definition) is 3. The molecule has 0 radical (unpaired) electrons. The van der Waals surface area contributed by atoms with Crippen molar-refractivity contribution < 1.29 is 4.39 Å². The second-order valence-electron chi connectivity index (χ2n) is 4.13. The summed E-state index contributed by atoms with van der Waals surface area (Å²) in [7, 11) is 4.01. The summed E-state index contributed by atoms with van der Waals surface area (Å²) in [5.41, 5.74) is 6.23. The number of aromatic nitrogens is 1. The highest BCUT2D eigenvalue weighted by Crippen LogP contribution is 2.14. The van der Waals surface area contributed by atoms with Crippen LogP contribution in [0.15, 0.2) is 12.3 Å². The first-order chi connectivity index (χ1) is 7.99. The van der Waals surface area contributed by atoms with Crippen LogP contribution >= 0.6 is 0 Å². The van der Waals surface area contributed by atoms with Gasteiger partial charge in [0.2, 0.25) is 5.95 Å². The Kier molecular flexibility index (Phi) is 4.84. The number of aryl methyl sites for hydroxylation is 1. The molecule has 5 nitrogen and oxygen atoms in total. The molecular weight excluding hydrogens is 221 g/mol. The summed E-state index contributed by atoms with van der Waals surface area (Å²) in [5.74, 6) is -0.937. The molecule has 1 aromatic rings. The molecule has 0 atom stereocenters. The highest BCUT2D eigenvalue weighted by Gasteiger charge is 2.05. The number of pyridine rings is 1. The van der Waals surface area contributed by atoms with Gasteiger partial charge in [-0.3, -0.25) is 5.41 Å². The first-order valence-corrected chi connectivity index (χ1v) is 5.39. The molecular formula is C11H18FN5. The van der Waals surface area contributed by atoms with Crippen molar-refractivity contribution in [2.75, 3.05) is 26.0 Å². The van der Waals surface area contributed by atoms with E-state index in [1.165, 1.54) is 6.20 Å². The fraction of sp³-hybridized carbons (Fsp3) is 0.455. The van der Waals surface area contributed by atoms with E-state index in [2.05, 4.69) is 15.2 Å². The molecule has 1 aromatic heterocycles. The van der Waals surface area contributed by atoms with Crippen LogP contribution in [0.25, 0.3) is 0 Å². The van der Waals surface area contributed by atoms with Crippen molar-refractivity contribution in [3.05, 3.63) is 23.8 Å². The molecule has 0 unspecified atom stereocenters. The van der Waals surface area contributed by atoms with Crippen LogP contribution in [0.5, 0.6) is 0 Å². The predicted molar refractivity (Wildman–Crippen MR) is 66.6 cm³/mol. The molecule has 0 aliphatic carbocycles. The normalized spacial score (nSPS) is 10.6. The van der Waals surface area contributed by atoms with Crippen LogP contribution in [0.3, 0.4) is 0 Å². The molecule has 0 aliphatic heterocycles. The minimum absolute atomic E-state index is 0.153. The molecule has 17 heavy (non-hydrogen) atoms. The summed E-state index contributed by atoms with van der Waals surface area (Å²) in [6, 6.07) is 1.64. The lowest BCUT2D eigenvalue weighted by Crippen LogP contribution is -2.21. The average molecular weight is 239 g/mol. The first-order valence-electron chi connectivity index (χ1n) is 5.39. The van der Waals surface area contributed by atoms with E-state index in [9.17, 15) is 4.39 Å².